The Morgan fingerprint density at radius 3 is 2.76 bits per heavy atom. The fourth-order valence-electron chi connectivity index (χ4n) is 1.74. The Kier molecular flexibility index (Phi) is 3.72. The van der Waals surface area contributed by atoms with Crippen molar-refractivity contribution in [3.63, 3.8) is 0 Å². The number of aromatic nitrogens is 2. The van der Waals surface area contributed by atoms with E-state index in [9.17, 15) is 0 Å². The fourth-order valence-corrected chi connectivity index (χ4v) is 2.23. The van der Waals surface area contributed by atoms with Crippen LogP contribution in [-0.4, -0.2) is 16.3 Å². The Morgan fingerprint density at radius 2 is 2.12 bits per heavy atom. The molecule has 0 atom stereocenters. The van der Waals surface area contributed by atoms with Gasteiger partial charge in [0.15, 0.2) is 0 Å². The van der Waals surface area contributed by atoms with E-state index in [2.05, 4.69) is 5.10 Å². The Bertz CT molecular complexity index is 535. The molecule has 0 radical (unpaired) electrons. The number of hydrogen-bond donors (Lipinski definition) is 1. The first-order valence-corrected chi connectivity index (χ1v) is 6.08. The smallest absolute Gasteiger partial charge is 0.0836 e. The van der Waals surface area contributed by atoms with E-state index in [1.165, 1.54) is 0 Å². The normalized spacial score (nSPS) is 10.8. The van der Waals surface area contributed by atoms with Crippen LogP contribution in [0.25, 0.3) is 5.69 Å². The van der Waals surface area contributed by atoms with Crippen LogP contribution < -0.4 is 5.73 Å². The first-order valence-electron chi connectivity index (χ1n) is 5.32. The molecule has 2 rings (SSSR count). The summed E-state index contributed by atoms with van der Waals surface area (Å²) < 4.78 is 1.81. The number of hydrogen-bond acceptors (Lipinski definition) is 2. The van der Waals surface area contributed by atoms with Crippen LogP contribution in [0, 0.1) is 6.92 Å². The number of nitrogens with two attached hydrogens (primary N) is 1. The third-order valence-electron chi connectivity index (χ3n) is 2.66. The lowest BCUT2D eigenvalue weighted by atomic mass is 10.2. The Hall–Kier alpha value is -1.03. The molecule has 3 nitrogen and oxygen atoms in total. The van der Waals surface area contributed by atoms with Gasteiger partial charge in [-0.3, -0.25) is 0 Å². The Balaban J connectivity index is 2.46. The van der Waals surface area contributed by atoms with Gasteiger partial charge in [-0.25, -0.2) is 4.68 Å². The van der Waals surface area contributed by atoms with Crippen molar-refractivity contribution >= 4 is 23.2 Å². The van der Waals surface area contributed by atoms with Gasteiger partial charge in [0, 0.05) is 10.7 Å². The average Bonchev–Trinajstić information content (AvgIpc) is 2.62. The number of halogens is 2. The summed E-state index contributed by atoms with van der Waals surface area (Å²) in [5, 5.41) is 5.53. The molecule has 2 aromatic rings. The molecule has 0 saturated heterocycles. The second-order valence-electron chi connectivity index (χ2n) is 3.80. The molecule has 2 N–H and O–H groups in total. The van der Waals surface area contributed by atoms with E-state index in [0.717, 1.165) is 23.4 Å². The van der Waals surface area contributed by atoms with Gasteiger partial charge in [0.05, 0.1) is 16.9 Å². The largest absolute Gasteiger partial charge is 0.330 e. The summed E-state index contributed by atoms with van der Waals surface area (Å²) in [5.41, 5.74) is 8.57. The highest BCUT2D eigenvalue weighted by molar-refractivity contribution is 6.35. The number of rotatable bonds is 3. The van der Waals surface area contributed by atoms with Gasteiger partial charge in [0.2, 0.25) is 0 Å². The zero-order valence-corrected chi connectivity index (χ0v) is 11.0. The SMILES string of the molecule is Cc1c(CCN)cnn1-c1ccc(Cl)cc1Cl. The highest BCUT2D eigenvalue weighted by Crippen LogP contribution is 2.25. The van der Waals surface area contributed by atoms with Crippen molar-refractivity contribution in [1.29, 1.82) is 0 Å². The summed E-state index contributed by atoms with van der Waals surface area (Å²) in [4.78, 5) is 0. The monoisotopic (exact) mass is 269 g/mol. The van der Waals surface area contributed by atoms with E-state index in [0.29, 0.717) is 16.6 Å². The molecule has 0 unspecified atom stereocenters. The maximum absolute atomic E-state index is 6.15. The highest BCUT2D eigenvalue weighted by Gasteiger charge is 2.10. The van der Waals surface area contributed by atoms with Gasteiger partial charge in [0.1, 0.15) is 0 Å². The van der Waals surface area contributed by atoms with Crippen molar-refractivity contribution in [2.24, 2.45) is 5.73 Å². The minimum absolute atomic E-state index is 0.586. The molecule has 1 heterocycles. The van der Waals surface area contributed by atoms with Gasteiger partial charge in [-0.2, -0.15) is 5.10 Å². The maximum Gasteiger partial charge on any atom is 0.0836 e. The lowest BCUT2D eigenvalue weighted by molar-refractivity contribution is 0.842. The molecule has 0 amide bonds. The predicted molar refractivity (Wildman–Crippen MR) is 71.1 cm³/mol. The topological polar surface area (TPSA) is 43.8 Å². The van der Waals surface area contributed by atoms with Crippen molar-refractivity contribution in [3.8, 4) is 5.69 Å². The molecule has 0 aliphatic heterocycles. The molecular weight excluding hydrogens is 257 g/mol. The van der Waals surface area contributed by atoms with Gasteiger partial charge in [-0.15, -0.1) is 0 Å². The van der Waals surface area contributed by atoms with Crippen LogP contribution in [0.1, 0.15) is 11.3 Å². The van der Waals surface area contributed by atoms with Crippen LogP contribution in [0.3, 0.4) is 0 Å². The molecule has 0 fully saturated rings. The molecule has 0 saturated carbocycles. The minimum atomic E-state index is 0.586. The summed E-state index contributed by atoms with van der Waals surface area (Å²) >= 11 is 12.0. The highest BCUT2D eigenvalue weighted by atomic mass is 35.5. The molecule has 1 aromatic carbocycles. The summed E-state index contributed by atoms with van der Waals surface area (Å²) in [6, 6.07) is 5.37. The molecule has 0 aliphatic carbocycles. The van der Waals surface area contributed by atoms with Gasteiger partial charge in [-0.1, -0.05) is 23.2 Å². The maximum atomic E-state index is 6.15. The van der Waals surface area contributed by atoms with Crippen molar-refractivity contribution < 1.29 is 0 Å². The quantitative estimate of drug-likeness (QED) is 0.931. The van der Waals surface area contributed by atoms with Crippen molar-refractivity contribution in [2.45, 2.75) is 13.3 Å². The van der Waals surface area contributed by atoms with Crippen molar-refractivity contribution in [1.82, 2.24) is 9.78 Å². The Labute approximate surface area is 110 Å². The lowest BCUT2D eigenvalue weighted by Crippen LogP contribution is -2.05. The molecule has 0 aliphatic rings. The zero-order valence-electron chi connectivity index (χ0n) is 9.45. The number of nitrogens with zero attached hydrogens (tertiary/aromatic N) is 2. The van der Waals surface area contributed by atoms with Crippen molar-refractivity contribution in [3.05, 3.63) is 45.7 Å². The Morgan fingerprint density at radius 1 is 1.35 bits per heavy atom. The molecular formula is C12H13Cl2N3. The van der Waals surface area contributed by atoms with Crippen LogP contribution in [0.2, 0.25) is 10.0 Å². The molecule has 0 spiro atoms. The van der Waals surface area contributed by atoms with Crippen LogP contribution in [0.5, 0.6) is 0 Å². The van der Waals surface area contributed by atoms with Gasteiger partial charge >= 0.3 is 0 Å². The van der Waals surface area contributed by atoms with Gasteiger partial charge in [0.25, 0.3) is 0 Å². The second-order valence-corrected chi connectivity index (χ2v) is 4.65. The summed E-state index contributed by atoms with van der Waals surface area (Å²) in [6.45, 7) is 2.61. The predicted octanol–water partition coefficient (Wildman–Crippen LogP) is 2.99. The first kappa shape index (κ1) is 12.4. The van der Waals surface area contributed by atoms with Gasteiger partial charge < -0.3 is 5.73 Å². The first-order chi connectivity index (χ1) is 8.13. The number of benzene rings is 1. The third-order valence-corrected chi connectivity index (χ3v) is 3.20. The van der Waals surface area contributed by atoms with Crippen LogP contribution in [0.4, 0.5) is 0 Å². The van der Waals surface area contributed by atoms with E-state index in [-0.39, 0.29) is 0 Å². The zero-order chi connectivity index (χ0) is 12.4. The lowest BCUT2D eigenvalue weighted by Gasteiger charge is -2.07. The van der Waals surface area contributed by atoms with E-state index >= 15 is 0 Å². The molecule has 0 bridgehead atoms. The van der Waals surface area contributed by atoms with Crippen LogP contribution >= 0.6 is 23.2 Å². The van der Waals surface area contributed by atoms with Crippen LogP contribution in [-0.2, 0) is 6.42 Å². The third kappa shape index (κ3) is 2.46. The van der Waals surface area contributed by atoms with Gasteiger partial charge in [-0.05, 0) is 43.7 Å². The van der Waals surface area contributed by atoms with Crippen molar-refractivity contribution in [2.75, 3.05) is 6.54 Å². The fraction of sp³-hybridized carbons (Fsp3) is 0.250. The molecule has 90 valence electrons. The van der Waals surface area contributed by atoms with E-state index in [1.807, 2.05) is 23.9 Å². The molecule has 5 heteroatoms. The molecule has 17 heavy (non-hydrogen) atoms. The van der Waals surface area contributed by atoms with E-state index < -0.39 is 0 Å². The van der Waals surface area contributed by atoms with E-state index in [1.54, 1.807) is 12.1 Å². The summed E-state index contributed by atoms with van der Waals surface area (Å²) in [5.74, 6) is 0. The molecule has 1 aromatic heterocycles. The van der Waals surface area contributed by atoms with E-state index in [4.69, 9.17) is 28.9 Å². The minimum Gasteiger partial charge on any atom is -0.330 e. The summed E-state index contributed by atoms with van der Waals surface area (Å²) in [6.07, 6.45) is 2.64. The summed E-state index contributed by atoms with van der Waals surface area (Å²) in [7, 11) is 0. The second kappa shape index (κ2) is 5.08. The standard InChI is InChI=1S/C12H13Cl2N3/c1-8-9(4-5-15)7-16-17(8)12-3-2-10(13)6-11(12)14/h2-3,6-7H,4-5,15H2,1H3. The average molecular weight is 270 g/mol. The van der Waals surface area contributed by atoms with Crippen LogP contribution in [0.15, 0.2) is 24.4 Å².